The summed E-state index contributed by atoms with van der Waals surface area (Å²) >= 11 is 6.09. The van der Waals surface area contributed by atoms with Gasteiger partial charge in [-0.15, -0.1) is 0 Å². The van der Waals surface area contributed by atoms with Crippen LogP contribution in [0.5, 0.6) is 0 Å². The first-order chi connectivity index (χ1) is 15.4. The number of ether oxygens (including phenoxy) is 2. The van der Waals surface area contributed by atoms with Gasteiger partial charge in [0.1, 0.15) is 5.82 Å². The van der Waals surface area contributed by atoms with Gasteiger partial charge in [-0.1, -0.05) is 29.8 Å². The number of carbonyl (C=O) groups is 1. The lowest BCUT2D eigenvalue weighted by Crippen LogP contribution is -2.35. The smallest absolute Gasteiger partial charge is 0.245 e. The molecule has 32 heavy (non-hydrogen) atoms. The highest BCUT2D eigenvalue weighted by Crippen LogP contribution is 2.32. The maximum atomic E-state index is 15.4. The quantitative estimate of drug-likeness (QED) is 0.435. The molecule has 1 amide bonds. The third kappa shape index (κ3) is 6.49. The fourth-order valence-electron chi connectivity index (χ4n) is 4.17. The summed E-state index contributed by atoms with van der Waals surface area (Å²) in [5, 5.41) is 9.61. The zero-order valence-electron chi connectivity index (χ0n) is 18.4. The lowest BCUT2D eigenvalue weighted by molar-refractivity contribution is -0.132. The Balaban J connectivity index is 1.89. The number of hydroxylamine groups is 1. The molecule has 0 aromatic heterocycles. The number of hydrogen-bond donors (Lipinski definition) is 2. The second-order valence-corrected chi connectivity index (χ2v) is 8.58. The van der Waals surface area contributed by atoms with Crippen LogP contribution in [0.3, 0.4) is 0 Å². The van der Waals surface area contributed by atoms with Crippen LogP contribution in [0.1, 0.15) is 34.6 Å². The van der Waals surface area contributed by atoms with Crippen molar-refractivity contribution in [2.24, 2.45) is 0 Å². The van der Waals surface area contributed by atoms with Gasteiger partial charge in [-0.3, -0.25) is 14.9 Å². The molecule has 0 radical (unpaired) electrons. The van der Waals surface area contributed by atoms with Crippen molar-refractivity contribution in [3.63, 3.8) is 0 Å². The molecule has 174 valence electrons. The number of aryl methyl sites for hydroxylation is 1. The highest BCUT2D eigenvalue weighted by atomic mass is 35.5. The zero-order chi connectivity index (χ0) is 23.1. The summed E-state index contributed by atoms with van der Waals surface area (Å²) in [4.78, 5) is 14.1. The van der Waals surface area contributed by atoms with Crippen LogP contribution in [0, 0.1) is 12.7 Å². The normalized spacial score (nSPS) is 16.5. The van der Waals surface area contributed by atoms with Gasteiger partial charge in [0, 0.05) is 37.7 Å². The molecule has 2 atom stereocenters. The molecule has 2 N–H and O–H groups in total. The predicted octanol–water partition coefficient (Wildman–Crippen LogP) is 3.86. The molecule has 1 fully saturated rings. The van der Waals surface area contributed by atoms with Crippen LogP contribution >= 0.6 is 11.6 Å². The monoisotopic (exact) mass is 464 g/mol. The van der Waals surface area contributed by atoms with Crippen LogP contribution in [-0.4, -0.2) is 55.5 Å². The van der Waals surface area contributed by atoms with E-state index in [0.29, 0.717) is 36.8 Å². The molecule has 8 heteroatoms. The first-order valence-electron chi connectivity index (χ1n) is 10.7. The van der Waals surface area contributed by atoms with E-state index < -0.39 is 17.9 Å². The Morgan fingerprint density at radius 3 is 2.66 bits per heavy atom. The van der Waals surface area contributed by atoms with Gasteiger partial charge in [-0.05, 0) is 53.8 Å². The fourth-order valence-corrected chi connectivity index (χ4v) is 4.40. The predicted molar refractivity (Wildman–Crippen MR) is 120 cm³/mol. The highest BCUT2D eigenvalue weighted by Gasteiger charge is 2.29. The Morgan fingerprint density at radius 2 is 2.03 bits per heavy atom. The largest absolute Gasteiger partial charge is 0.380 e. The van der Waals surface area contributed by atoms with E-state index in [4.69, 9.17) is 26.3 Å². The summed E-state index contributed by atoms with van der Waals surface area (Å²) in [6, 6.07) is 10.8. The van der Waals surface area contributed by atoms with Crippen molar-refractivity contribution < 1.29 is 23.9 Å². The lowest BCUT2D eigenvalue weighted by Gasteiger charge is -2.28. The number of halogens is 2. The van der Waals surface area contributed by atoms with Crippen LogP contribution in [0.2, 0.25) is 5.02 Å². The van der Waals surface area contributed by atoms with Crippen LogP contribution in [-0.2, 0) is 27.2 Å². The van der Waals surface area contributed by atoms with Crippen LogP contribution in [0.4, 0.5) is 4.39 Å². The SMILES string of the molecule is COC(CC(=O)NO)[C@H](Cc1ccc(Cl)cc1C)c1ccc(CN2CCOCC2)cc1F. The molecule has 0 aliphatic carbocycles. The number of benzene rings is 2. The Kier molecular flexibility index (Phi) is 9.02. The van der Waals surface area contributed by atoms with Crippen molar-refractivity contribution in [1.82, 2.24) is 10.4 Å². The molecule has 0 saturated carbocycles. The molecule has 2 aromatic rings. The number of rotatable bonds is 9. The van der Waals surface area contributed by atoms with E-state index in [0.717, 1.165) is 29.8 Å². The summed E-state index contributed by atoms with van der Waals surface area (Å²) in [5.41, 5.74) is 4.97. The van der Waals surface area contributed by atoms with E-state index >= 15 is 4.39 Å². The Bertz CT molecular complexity index is 921. The summed E-state index contributed by atoms with van der Waals surface area (Å²) < 4.78 is 26.3. The first kappa shape index (κ1) is 24.6. The van der Waals surface area contributed by atoms with Gasteiger partial charge in [-0.25, -0.2) is 9.87 Å². The number of nitrogens with zero attached hydrogens (tertiary/aromatic N) is 1. The van der Waals surface area contributed by atoms with E-state index in [1.165, 1.54) is 7.11 Å². The summed E-state index contributed by atoms with van der Waals surface area (Å²) in [5.74, 6) is -1.35. The molecule has 1 unspecified atom stereocenters. The number of nitrogens with one attached hydrogen (secondary N) is 1. The molecule has 6 nitrogen and oxygen atoms in total. The average Bonchev–Trinajstić information content (AvgIpc) is 2.78. The molecule has 0 spiro atoms. The maximum Gasteiger partial charge on any atom is 0.245 e. The number of methoxy groups -OCH3 is 1. The molecule has 1 aliphatic rings. The highest BCUT2D eigenvalue weighted by molar-refractivity contribution is 6.30. The maximum absolute atomic E-state index is 15.4. The van der Waals surface area contributed by atoms with Gasteiger partial charge in [0.05, 0.1) is 25.7 Å². The second kappa shape index (κ2) is 11.7. The molecular weight excluding hydrogens is 435 g/mol. The van der Waals surface area contributed by atoms with E-state index in [1.54, 1.807) is 23.7 Å². The Labute approximate surface area is 193 Å². The van der Waals surface area contributed by atoms with Crippen molar-refractivity contribution >= 4 is 17.5 Å². The van der Waals surface area contributed by atoms with Gasteiger partial charge >= 0.3 is 0 Å². The van der Waals surface area contributed by atoms with Crippen LogP contribution < -0.4 is 5.48 Å². The van der Waals surface area contributed by atoms with Gasteiger partial charge < -0.3 is 9.47 Å². The van der Waals surface area contributed by atoms with Crippen molar-refractivity contribution in [3.8, 4) is 0 Å². The summed E-state index contributed by atoms with van der Waals surface area (Å²) in [6.45, 7) is 5.62. The molecule has 0 bridgehead atoms. The van der Waals surface area contributed by atoms with E-state index in [1.807, 2.05) is 25.1 Å². The van der Waals surface area contributed by atoms with Crippen molar-refractivity contribution in [3.05, 3.63) is 69.5 Å². The number of morpholine rings is 1. The van der Waals surface area contributed by atoms with Crippen molar-refractivity contribution in [2.45, 2.75) is 38.3 Å². The number of amides is 1. The molecule has 1 aliphatic heterocycles. The number of hydrogen-bond acceptors (Lipinski definition) is 5. The molecule has 2 aromatic carbocycles. The minimum atomic E-state index is -0.628. The van der Waals surface area contributed by atoms with Crippen LogP contribution in [0.15, 0.2) is 36.4 Å². The average molecular weight is 465 g/mol. The van der Waals surface area contributed by atoms with Gasteiger partial charge in [-0.2, -0.15) is 0 Å². The summed E-state index contributed by atoms with van der Waals surface area (Å²) in [7, 11) is 1.49. The molecule has 1 heterocycles. The minimum Gasteiger partial charge on any atom is -0.380 e. The topological polar surface area (TPSA) is 71.0 Å². The molecule has 1 saturated heterocycles. The second-order valence-electron chi connectivity index (χ2n) is 8.14. The Hall–Kier alpha value is -2.03. The third-order valence-corrected chi connectivity index (χ3v) is 6.22. The van der Waals surface area contributed by atoms with Gasteiger partial charge in [0.15, 0.2) is 0 Å². The molecule has 3 rings (SSSR count). The molecular formula is C24H30ClFN2O4. The zero-order valence-corrected chi connectivity index (χ0v) is 19.2. The first-order valence-corrected chi connectivity index (χ1v) is 11.1. The van der Waals surface area contributed by atoms with Crippen molar-refractivity contribution in [2.75, 3.05) is 33.4 Å². The summed E-state index contributed by atoms with van der Waals surface area (Å²) in [6.07, 6.45) is -0.268. The number of carbonyl (C=O) groups excluding carboxylic acids is 1. The minimum absolute atomic E-state index is 0.0979. The fraction of sp³-hybridized carbons (Fsp3) is 0.458. The lowest BCUT2D eigenvalue weighted by atomic mass is 9.84. The third-order valence-electron chi connectivity index (χ3n) is 5.98. The van der Waals surface area contributed by atoms with E-state index in [9.17, 15) is 4.79 Å². The van der Waals surface area contributed by atoms with Gasteiger partial charge in [0.2, 0.25) is 5.91 Å². The van der Waals surface area contributed by atoms with Gasteiger partial charge in [0.25, 0.3) is 0 Å². The standard InChI is InChI=1S/C24H30ClFN2O4/c1-16-11-19(25)5-4-18(16)13-21(23(31-2)14-24(29)27-30)20-6-3-17(12-22(20)26)15-28-7-9-32-10-8-28/h3-6,11-12,21,23,30H,7-10,13-15H2,1-2H3,(H,27,29)/t21-,23?/m1/s1. The Morgan fingerprint density at radius 1 is 1.28 bits per heavy atom. The van der Waals surface area contributed by atoms with Crippen molar-refractivity contribution in [1.29, 1.82) is 0 Å². The van der Waals surface area contributed by atoms with Crippen LogP contribution in [0.25, 0.3) is 0 Å². The van der Waals surface area contributed by atoms with E-state index in [-0.39, 0.29) is 12.2 Å². The van der Waals surface area contributed by atoms with E-state index in [2.05, 4.69) is 4.90 Å².